The van der Waals surface area contributed by atoms with E-state index in [4.69, 9.17) is 9.47 Å². The molecule has 4 aliphatic rings. The number of aromatic amines is 6. The minimum atomic E-state index is -0.446. The van der Waals surface area contributed by atoms with Gasteiger partial charge in [0.25, 0.3) is 16.7 Å². The van der Waals surface area contributed by atoms with Crippen LogP contribution in [0.1, 0.15) is 143 Å². The van der Waals surface area contributed by atoms with Crippen LogP contribution in [-0.2, 0) is 26.3 Å². The first-order chi connectivity index (χ1) is 44.9. The van der Waals surface area contributed by atoms with E-state index in [1.54, 1.807) is 11.3 Å². The summed E-state index contributed by atoms with van der Waals surface area (Å²) in [6, 6.07) is 48.5. The van der Waals surface area contributed by atoms with Crippen molar-refractivity contribution in [2.24, 2.45) is 7.05 Å². The van der Waals surface area contributed by atoms with Gasteiger partial charge in [0.1, 0.15) is 13.2 Å². The van der Waals surface area contributed by atoms with Gasteiger partial charge in [0.05, 0.1) is 33.1 Å². The molecule has 92 heavy (non-hydrogen) atoms. The Morgan fingerprint density at radius 3 is 1.32 bits per heavy atom. The van der Waals surface area contributed by atoms with Crippen LogP contribution < -0.4 is 43.2 Å². The molecule has 0 amide bonds. The minimum absolute atomic E-state index is 0.106. The molecule has 11 aromatic rings. The molecular formula is C74H69N9O8S. The van der Waals surface area contributed by atoms with Crippen molar-refractivity contribution in [1.29, 1.82) is 0 Å². The fourth-order valence-electron chi connectivity index (χ4n) is 13.3. The maximum atomic E-state index is 12.6. The van der Waals surface area contributed by atoms with Gasteiger partial charge in [-0.3, -0.25) is 29.3 Å². The van der Waals surface area contributed by atoms with Crippen molar-refractivity contribution in [3.05, 3.63) is 305 Å². The van der Waals surface area contributed by atoms with Gasteiger partial charge < -0.3 is 29.0 Å². The Bertz CT molecular complexity index is 4970. The number of imidazole rings is 1. The molecule has 0 saturated heterocycles. The van der Waals surface area contributed by atoms with Gasteiger partial charge >= 0.3 is 17.1 Å². The lowest BCUT2D eigenvalue weighted by Gasteiger charge is -2.25. The number of aryl methyl sites for hydroxylation is 1. The summed E-state index contributed by atoms with van der Waals surface area (Å²) < 4.78 is 14.6. The van der Waals surface area contributed by atoms with Crippen molar-refractivity contribution < 1.29 is 9.47 Å². The highest BCUT2D eigenvalue weighted by atomic mass is 32.1. The topological polar surface area (TPSA) is 246 Å². The number of thiazole rings is 1. The van der Waals surface area contributed by atoms with Gasteiger partial charge in [-0.05, 0) is 144 Å². The third-order valence-corrected chi connectivity index (χ3v) is 18.9. The van der Waals surface area contributed by atoms with E-state index in [0.717, 1.165) is 125 Å². The van der Waals surface area contributed by atoms with Gasteiger partial charge in [0.15, 0.2) is 11.5 Å². The molecule has 0 saturated carbocycles. The number of fused-ring (bicyclic) bond motifs is 3. The largest absolute Gasteiger partial charge is 0.486 e. The molecule has 0 radical (unpaired) electrons. The van der Waals surface area contributed by atoms with Crippen LogP contribution in [0.2, 0.25) is 0 Å². The monoisotopic (exact) mass is 1240 g/mol. The first-order valence-electron chi connectivity index (χ1n) is 31.3. The summed E-state index contributed by atoms with van der Waals surface area (Å²) in [5, 5.41) is 0. The molecule has 1 aliphatic heterocycles. The number of ether oxygens (including phenoxy) is 2. The van der Waals surface area contributed by atoms with E-state index in [1.165, 1.54) is 32.5 Å². The third kappa shape index (κ3) is 13.8. The molecule has 15 rings (SSSR count). The number of H-pyrrole nitrogens is 6. The zero-order valence-corrected chi connectivity index (χ0v) is 51.7. The molecule has 6 N–H and O–H groups in total. The Morgan fingerprint density at radius 2 is 0.870 bits per heavy atom. The fourth-order valence-corrected chi connectivity index (χ4v) is 14.0. The summed E-state index contributed by atoms with van der Waals surface area (Å²) in [4.78, 5) is 98.7. The number of benzene rings is 6. The quantitative estimate of drug-likeness (QED) is 0.0675. The van der Waals surface area contributed by atoms with Crippen molar-refractivity contribution >= 4 is 49.3 Å². The average Bonchev–Trinajstić information content (AvgIpc) is 1.23. The first-order valence-corrected chi connectivity index (χ1v) is 32.2. The molecule has 18 heteroatoms. The molecule has 3 atom stereocenters. The normalized spacial score (nSPS) is 16.9. The maximum Gasteiger partial charge on any atom is 0.325 e. The van der Waals surface area contributed by atoms with Gasteiger partial charge in [0.2, 0.25) is 0 Å². The first kappa shape index (κ1) is 60.5. The van der Waals surface area contributed by atoms with Crippen LogP contribution in [-0.4, -0.2) is 57.7 Å². The summed E-state index contributed by atoms with van der Waals surface area (Å²) in [6.45, 7) is 1.15. The summed E-state index contributed by atoms with van der Waals surface area (Å²) in [5.74, 6) is 1.94. The Labute approximate surface area is 532 Å². The van der Waals surface area contributed by atoms with Crippen LogP contribution in [0, 0.1) is 0 Å². The number of allylic oxidation sites excluding steroid dienone is 6. The smallest absolute Gasteiger partial charge is 0.325 e. The van der Waals surface area contributed by atoms with Crippen molar-refractivity contribution in [2.75, 3.05) is 13.2 Å². The maximum absolute atomic E-state index is 12.6. The van der Waals surface area contributed by atoms with Gasteiger partial charge in [-0.25, -0.2) is 24.4 Å². The molecule has 3 unspecified atom stereocenters. The number of aromatic nitrogens is 9. The van der Waals surface area contributed by atoms with Crippen LogP contribution in [0.25, 0.3) is 38.0 Å². The van der Waals surface area contributed by atoms with Crippen LogP contribution in [0.15, 0.2) is 204 Å². The molecular weight excluding hydrogens is 1170 g/mol. The van der Waals surface area contributed by atoms with Crippen molar-refractivity contribution in [3.8, 4) is 11.5 Å². The summed E-state index contributed by atoms with van der Waals surface area (Å²) in [6.07, 6.45) is 17.7. The number of rotatable bonds is 12. The predicted molar refractivity (Wildman–Crippen MR) is 362 cm³/mol. The van der Waals surface area contributed by atoms with E-state index in [9.17, 15) is 28.8 Å². The van der Waals surface area contributed by atoms with E-state index in [1.807, 2.05) is 127 Å². The van der Waals surface area contributed by atoms with Crippen LogP contribution >= 0.6 is 11.3 Å². The average molecular weight is 1240 g/mol. The van der Waals surface area contributed by atoms with Gasteiger partial charge in [0, 0.05) is 77.8 Å². The molecule has 17 nitrogen and oxygen atoms in total. The molecule has 3 aliphatic carbocycles. The molecule has 6 heterocycles. The summed E-state index contributed by atoms with van der Waals surface area (Å²) >= 11 is 1.65. The Morgan fingerprint density at radius 1 is 0.457 bits per heavy atom. The number of nitrogens with one attached hydrogen (secondary N) is 6. The fraction of sp³-hybridized carbons (Fsp3) is 0.243. The third-order valence-electron chi connectivity index (χ3n) is 18.1. The van der Waals surface area contributed by atoms with Crippen LogP contribution in [0.3, 0.4) is 0 Å². The lowest BCUT2D eigenvalue weighted by molar-refractivity contribution is 0.171. The molecule has 0 spiro atoms. The lowest BCUT2D eigenvalue weighted by Crippen LogP contribution is -2.30. The molecule has 0 bridgehead atoms. The molecule has 0 fully saturated rings. The van der Waals surface area contributed by atoms with Crippen molar-refractivity contribution in [2.45, 2.75) is 94.8 Å². The van der Waals surface area contributed by atoms with E-state index in [2.05, 4.69) is 101 Å². The molecule has 464 valence electrons. The van der Waals surface area contributed by atoms with E-state index in [-0.39, 0.29) is 34.4 Å². The predicted octanol–water partition coefficient (Wildman–Crippen LogP) is 12.3. The van der Waals surface area contributed by atoms with Crippen LogP contribution in [0.5, 0.6) is 11.5 Å². The summed E-state index contributed by atoms with van der Waals surface area (Å²) in [5.41, 5.74) is 17.7. The number of hydrogen-bond donors (Lipinski definition) is 6. The SMILES string of the molecule is Cn1cnc2ccc(C3=CCC(c4[nH]c(=O)[nH]c(=O)c4Cc4ccccc4)CC3)cc21.O=c1[nH]c(C2CC=C(c3ccc4c(c3)OCCO4)CC2)c(Cc2ccccc2)c(=O)[nH]1.O=c1[nH]c(C2CC=C(c3ccc4ncsc4c3)CC2)c(Cc2ccccc2)c(=O)[nH]1. The van der Waals surface area contributed by atoms with Crippen molar-refractivity contribution in [3.63, 3.8) is 0 Å². The Kier molecular flexibility index (Phi) is 18.0. The van der Waals surface area contributed by atoms with Gasteiger partial charge in [-0.2, -0.15) is 0 Å². The second kappa shape index (κ2) is 27.3. The second-order valence-corrected chi connectivity index (χ2v) is 24.8. The number of nitrogens with zero attached hydrogens (tertiary/aromatic N) is 3. The highest BCUT2D eigenvalue weighted by Crippen LogP contribution is 2.41. The second-order valence-electron chi connectivity index (χ2n) is 23.9. The number of hydrogen-bond acceptors (Lipinski definition) is 11. The van der Waals surface area contributed by atoms with Gasteiger partial charge in [-0.1, -0.05) is 127 Å². The lowest BCUT2D eigenvalue weighted by atomic mass is 9.83. The molecule has 6 aromatic carbocycles. The van der Waals surface area contributed by atoms with Crippen molar-refractivity contribution in [1.82, 2.24) is 44.4 Å². The van der Waals surface area contributed by atoms with E-state index in [0.29, 0.717) is 49.2 Å². The standard InChI is InChI=1S/C25H24N4O2.C25H24N2O4.C24H21N3O2S/c1-29-15-26-21-12-11-19(14-22(21)29)17-7-9-18(10-8-17)23-20(24(30)28-25(31)27-23)13-16-5-3-2-4-6-16;28-24-20(14-16-4-2-1-3-5-16)23(26-25(29)27-24)18-8-6-17(7-9-18)19-10-11-21-22(15-19)31-13-12-30-21;28-23-19(12-15-4-2-1-3-5-15)22(26-24(29)27-23)17-8-6-16(7-9-17)18-10-11-20-21(13-18)30-14-25-20/h2-7,11-12,14-15,18H,8-10,13H2,1H3,(H2,27,28,30,31);1-6,10-11,15,18H,7-9,12-14H2,(H2,26,27,28,29);1-6,10-11,13-14,17H,7-9,12H2,(H2,26,27,28,29). The highest BCUT2D eigenvalue weighted by Gasteiger charge is 2.27. The zero-order valence-electron chi connectivity index (χ0n) is 50.9. The Balaban J connectivity index is 0.000000126. The van der Waals surface area contributed by atoms with E-state index < -0.39 is 17.1 Å². The molecule has 5 aromatic heterocycles. The highest BCUT2D eigenvalue weighted by molar-refractivity contribution is 7.16. The Hall–Kier alpha value is -10.5. The summed E-state index contributed by atoms with van der Waals surface area (Å²) in [7, 11) is 2.00. The van der Waals surface area contributed by atoms with E-state index >= 15 is 0 Å². The minimum Gasteiger partial charge on any atom is -0.486 e. The zero-order chi connectivity index (χ0) is 63.1. The van der Waals surface area contributed by atoms with Crippen LogP contribution in [0.4, 0.5) is 0 Å². The van der Waals surface area contributed by atoms with Gasteiger partial charge in [-0.15, -0.1) is 11.3 Å².